The standard InChI is InChI=1S/C34H61N7O19/c1-10(19(38-12(3)45)28-18(35)15(48)6-34(53,9-44)60-28)54-32-22(40-14(5)47)29(59-30-21(41-33(36)37)25(51)23(49)11(2)55-30)27(17(8-43)57-32)58-31-20(39-13(4)46)26(52)24(50)16(7-42)56-31/h10-11,15-32,42-44,48-53H,6-9,35H2,1-5H3,(H,38,45)(H,39,46)(H,40,47)(H4,36,37,41)/t10-,11+,15-,16-,17-,18+,19+,20-,21+,22-,23-,24-,25+,26-,27-,28+,29-,30+,31+,32+,34?/m1/s1. The third-order valence-electron chi connectivity index (χ3n) is 10.7. The number of nitrogens with zero attached hydrogens (tertiary/aromatic N) is 1. The van der Waals surface area contributed by atoms with Crippen LogP contribution in [0.5, 0.6) is 0 Å². The van der Waals surface area contributed by atoms with E-state index in [1.54, 1.807) is 0 Å². The van der Waals surface area contributed by atoms with Gasteiger partial charge in [-0.15, -0.1) is 0 Å². The summed E-state index contributed by atoms with van der Waals surface area (Å²) in [6.45, 7) is 3.46. The van der Waals surface area contributed by atoms with E-state index in [4.69, 9.17) is 50.4 Å². The van der Waals surface area contributed by atoms with Gasteiger partial charge in [0.2, 0.25) is 17.7 Å². The van der Waals surface area contributed by atoms with Gasteiger partial charge in [-0.2, -0.15) is 0 Å². The van der Waals surface area contributed by atoms with Crippen LogP contribution in [0.3, 0.4) is 0 Å². The molecule has 3 amide bonds. The molecule has 0 spiro atoms. The number of aliphatic imine (C=N–C) groups is 1. The molecular formula is C34H61N7O19. The van der Waals surface area contributed by atoms with Crippen molar-refractivity contribution in [3.63, 3.8) is 0 Å². The van der Waals surface area contributed by atoms with Crippen molar-refractivity contribution in [3.05, 3.63) is 0 Å². The van der Waals surface area contributed by atoms with E-state index in [0.717, 1.165) is 20.8 Å². The maximum absolute atomic E-state index is 13.0. The molecule has 0 aliphatic carbocycles. The van der Waals surface area contributed by atoms with Crippen molar-refractivity contribution in [3.8, 4) is 0 Å². The maximum atomic E-state index is 13.0. The highest BCUT2D eigenvalue weighted by molar-refractivity contribution is 5.76. The smallest absolute Gasteiger partial charge is 0.217 e. The molecule has 4 aliphatic rings. The molecular weight excluding hydrogens is 810 g/mol. The van der Waals surface area contributed by atoms with Gasteiger partial charge >= 0.3 is 0 Å². The van der Waals surface area contributed by atoms with Crippen LogP contribution in [0.4, 0.5) is 0 Å². The second-order valence-corrected chi connectivity index (χ2v) is 15.4. The Balaban J connectivity index is 1.83. The van der Waals surface area contributed by atoms with Crippen molar-refractivity contribution in [1.29, 1.82) is 0 Å². The predicted molar refractivity (Wildman–Crippen MR) is 198 cm³/mol. The summed E-state index contributed by atoms with van der Waals surface area (Å²) in [5, 5.41) is 103. The Kier molecular flexibility index (Phi) is 17.3. The lowest BCUT2D eigenvalue weighted by Gasteiger charge is -2.51. The summed E-state index contributed by atoms with van der Waals surface area (Å²) in [5.41, 5.74) is 17.6. The summed E-state index contributed by atoms with van der Waals surface area (Å²) in [6, 6.07) is -7.23. The Morgan fingerprint density at radius 1 is 0.800 bits per heavy atom. The number of carbonyl (C=O) groups excluding carboxylic acids is 3. The summed E-state index contributed by atoms with van der Waals surface area (Å²) in [4.78, 5) is 41.8. The molecule has 4 heterocycles. The van der Waals surface area contributed by atoms with Crippen LogP contribution in [0.25, 0.3) is 0 Å². The number of amides is 3. The molecule has 60 heavy (non-hydrogen) atoms. The summed E-state index contributed by atoms with van der Waals surface area (Å²) in [5.74, 6) is -4.91. The average molecular weight is 872 g/mol. The van der Waals surface area contributed by atoms with Gasteiger partial charge in [-0.05, 0) is 13.8 Å². The lowest BCUT2D eigenvalue weighted by Crippen LogP contribution is -2.71. The number of hydrogen-bond donors (Lipinski definition) is 15. The number of hydrogen-bond acceptors (Lipinski definition) is 21. The summed E-state index contributed by atoms with van der Waals surface area (Å²) < 4.78 is 42.7. The average Bonchev–Trinajstić information content (AvgIpc) is 3.17. The minimum Gasteiger partial charge on any atom is -0.394 e. The highest BCUT2D eigenvalue weighted by atomic mass is 16.8. The molecule has 26 heteroatoms. The van der Waals surface area contributed by atoms with E-state index < -0.39 is 178 Å². The van der Waals surface area contributed by atoms with Gasteiger partial charge < -0.3 is 112 Å². The monoisotopic (exact) mass is 871 g/mol. The van der Waals surface area contributed by atoms with Gasteiger partial charge in [0.15, 0.2) is 30.6 Å². The summed E-state index contributed by atoms with van der Waals surface area (Å²) in [7, 11) is 0. The summed E-state index contributed by atoms with van der Waals surface area (Å²) >= 11 is 0. The Hall–Kier alpha value is -3.00. The van der Waals surface area contributed by atoms with Crippen molar-refractivity contribution in [2.75, 3.05) is 19.8 Å². The molecule has 0 aromatic rings. The van der Waals surface area contributed by atoms with E-state index in [0.29, 0.717) is 0 Å². The number of carbonyl (C=O) groups is 3. The zero-order valence-electron chi connectivity index (χ0n) is 33.7. The fraction of sp³-hybridized carbons (Fsp3) is 0.882. The van der Waals surface area contributed by atoms with E-state index in [1.165, 1.54) is 13.8 Å². The van der Waals surface area contributed by atoms with Crippen LogP contribution in [-0.4, -0.2) is 218 Å². The van der Waals surface area contributed by atoms with Gasteiger partial charge in [0.1, 0.15) is 73.1 Å². The van der Waals surface area contributed by atoms with Gasteiger partial charge in [0.25, 0.3) is 0 Å². The normalized spacial score (nSPS) is 43.2. The van der Waals surface area contributed by atoms with Crippen molar-refractivity contribution in [2.45, 2.75) is 169 Å². The molecule has 0 saturated carbocycles. The minimum atomic E-state index is -2.28. The fourth-order valence-electron chi connectivity index (χ4n) is 7.69. The Morgan fingerprint density at radius 2 is 1.38 bits per heavy atom. The molecule has 21 atom stereocenters. The van der Waals surface area contributed by atoms with Gasteiger partial charge in [-0.3, -0.25) is 14.4 Å². The van der Waals surface area contributed by atoms with Gasteiger partial charge in [-0.25, -0.2) is 4.99 Å². The molecule has 0 bridgehead atoms. The number of rotatable bonds is 15. The molecule has 1 unspecified atom stereocenters. The second-order valence-electron chi connectivity index (χ2n) is 15.4. The Morgan fingerprint density at radius 3 is 1.93 bits per heavy atom. The van der Waals surface area contributed by atoms with Crippen LogP contribution in [0, 0.1) is 0 Å². The lowest BCUT2D eigenvalue weighted by molar-refractivity contribution is -0.361. The quantitative estimate of drug-likeness (QED) is 0.0536. The number of nitrogens with two attached hydrogens (primary N) is 3. The fourth-order valence-corrected chi connectivity index (χ4v) is 7.69. The summed E-state index contributed by atoms with van der Waals surface area (Å²) in [6.07, 6.45) is -24.0. The van der Waals surface area contributed by atoms with E-state index in [1.807, 2.05) is 0 Å². The Bertz CT molecular complexity index is 1490. The van der Waals surface area contributed by atoms with Gasteiger partial charge in [0.05, 0.1) is 50.2 Å². The van der Waals surface area contributed by atoms with Crippen molar-refractivity contribution >= 4 is 23.7 Å². The van der Waals surface area contributed by atoms with Crippen LogP contribution in [0.2, 0.25) is 0 Å². The van der Waals surface area contributed by atoms with E-state index in [2.05, 4.69) is 20.9 Å². The van der Waals surface area contributed by atoms with Crippen LogP contribution in [0.15, 0.2) is 4.99 Å². The third-order valence-corrected chi connectivity index (χ3v) is 10.7. The molecule has 4 rings (SSSR count). The molecule has 4 aliphatic heterocycles. The molecule has 4 saturated heterocycles. The molecule has 0 radical (unpaired) electrons. The molecule has 26 nitrogen and oxygen atoms in total. The highest BCUT2D eigenvalue weighted by Crippen LogP contribution is 2.36. The molecule has 0 aromatic heterocycles. The topological polar surface area (TPSA) is 424 Å². The van der Waals surface area contributed by atoms with E-state index in [9.17, 15) is 60.3 Å². The predicted octanol–water partition coefficient (Wildman–Crippen LogP) is -8.90. The highest BCUT2D eigenvalue weighted by Gasteiger charge is 2.56. The molecule has 0 aromatic carbocycles. The number of aliphatic hydroxyl groups excluding tert-OH is 8. The second kappa shape index (κ2) is 20.9. The van der Waals surface area contributed by atoms with Gasteiger partial charge in [-0.1, -0.05) is 0 Å². The minimum absolute atomic E-state index is 0.477. The largest absolute Gasteiger partial charge is 0.394 e. The first-order chi connectivity index (χ1) is 28.1. The molecule has 4 fully saturated rings. The number of aliphatic hydroxyl groups is 9. The van der Waals surface area contributed by atoms with E-state index >= 15 is 0 Å². The SMILES string of the molecule is CC(=O)N[C@H]([C@H]1OC(O)(CO)C[C@@H](O)[C@@H]1N)[C@@H](C)O[C@H]1O[C@H](CO)[C@@H](O[C@@H]2O[C@H](CO)[C@@H](O)[C@H](O)[C@H]2NC(C)=O)[C@H](O[C@@H]2O[C@@H](C)[C@@H](O)[C@@H](O)[C@@H]2N=C(N)N)[C@H]1NC(C)=O. The van der Waals surface area contributed by atoms with Crippen molar-refractivity contribution < 1.29 is 93.5 Å². The van der Waals surface area contributed by atoms with Crippen molar-refractivity contribution in [2.24, 2.45) is 22.2 Å². The Labute approximate surface area is 344 Å². The van der Waals surface area contributed by atoms with Crippen LogP contribution in [-0.2, 0) is 47.5 Å². The first-order valence-corrected chi connectivity index (χ1v) is 19.3. The molecule has 18 N–H and O–H groups in total. The van der Waals surface area contributed by atoms with Crippen LogP contribution < -0.4 is 33.2 Å². The zero-order valence-corrected chi connectivity index (χ0v) is 33.7. The molecule has 346 valence electrons. The van der Waals surface area contributed by atoms with Crippen LogP contribution in [0.1, 0.15) is 41.0 Å². The van der Waals surface area contributed by atoms with Crippen LogP contribution >= 0.6 is 0 Å². The van der Waals surface area contributed by atoms with Crippen molar-refractivity contribution in [1.82, 2.24) is 16.0 Å². The van der Waals surface area contributed by atoms with E-state index in [-0.39, 0.29) is 0 Å². The lowest BCUT2D eigenvalue weighted by atomic mass is 9.88. The zero-order chi connectivity index (χ0) is 45.0. The third kappa shape index (κ3) is 11.5. The number of guanidine groups is 1. The van der Waals surface area contributed by atoms with Gasteiger partial charge in [0, 0.05) is 27.2 Å². The first-order valence-electron chi connectivity index (χ1n) is 19.3. The maximum Gasteiger partial charge on any atom is 0.217 e. The number of nitrogens with one attached hydrogen (secondary N) is 3. The first kappa shape index (κ1) is 49.7. The number of ether oxygens (including phenoxy) is 7.